The third kappa shape index (κ3) is 6.94. The van der Waals surface area contributed by atoms with Crippen molar-refractivity contribution in [2.24, 2.45) is 0 Å². The van der Waals surface area contributed by atoms with Crippen LogP contribution < -0.4 is 15.0 Å². The number of ether oxygens (including phenoxy) is 1. The molecule has 2 saturated heterocycles. The van der Waals surface area contributed by atoms with E-state index >= 15 is 0 Å². The van der Waals surface area contributed by atoms with Crippen molar-refractivity contribution in [1.29, 1.82) is 5.26 Å². The van der Waals surface area contributed by atoms with Crippen molar-refractivity contribution < 1.29 is 22.7 Å². The molecule has 2 aromatic heterocycles. The van der Waals surface area contributed by atoms with Gasteiger partial charge in [-0.25, -0.2) is 9.97 Å². The van der Waals surface area contributed by atoms with Crippen LogP contribution in [0.5, 0.6) is 5.88 Å². The Morgan fingerprint density at radius 1 is 1.00 bits per heavy atom. The number of imidazole rings is 1. The standard InChI is InChI=1S/C32H32F3N7O2/c33-32(34,35)24-5-7-26(8-6-24)41-15-11-27(12-16-41)44-30-17-29-39-28(20-42(29)21-37-30)31(43)38-25-9-13-40(14-10-25)19-23-3-1-22(18-36)2-4-23/h1-8,17,20-21,25,27H,9-16,19H2,(H,38,43). The second kappa shape index (κ2) is 12.5. The van der Waals surface area contributed by atoms with Crippen LogP contribution in [0.1, 0.15) is 52.9 Å². The Hall–Kier alpha value is -4.63. The molecule has 6 rings (SSSR count). The van der Waals surface area contributed by atoms with E-state index in [4.69, 9.17) is 10.00 Å². The van der Waals surface area contributed by atoms with Crippen LogP contribution in [0.3, 0.4) is 0 Å². The molecule has 2 aromatic carbocycles. The van der Waals surface area contributed by atoms with E-state index in [0.717, 1.165) is 55.9 Å². The number of piperidine rings is 2. The van der Waals surface area contributed by atoms with E-state index in [0.29, 0.717) is 48.7 Å². The van der Waals surface area contributed by atoms with Crippen molar-refractivity contribution in [3.05, 3.63) is 89.5 Å². The van der Waals surface area contributed by atoms with E-state index in [-0.39, 0.29) is 18.1 Å². The molecular weight excluding hydrogens is 571 g/mol. The Balaban J connectivity index is 0.979. The Labute approximate surface area is 252 Å². The zero-order valence-corrected chi connectivity index (χ0v) is 24.0. The first kappa shape index (κ1) is 29.4. The minimum atomic E-state index is -4.35. The fraction of sp³-hybridized carbons (Fsp3) is 0.375. The first-order chi connectivity index (χ1) is 21.2. The largest absolute Gasteiger partial charge is 0.474 e. The lowest BCUT2D eigenvalue weighted by Gasteiger charge is -2.33. The second-order valence-electron chi connectivity index (χ2n) is 11.3. The van der Waals surface area contributed by atoms with Gasteiger partial charge in [0.15, 0.2) is 0 Å². The van der Waals surface area contributed by atoms with Gasteiger partial charge < -0.3 is 15.0 Å². The minimum Gasteiger partial charge on any atom is -0.474 e. The molecule has 44 heavy (non-hydrogen) atoms. The van der Waals surface area contributed by atoms with Crippen LogP contribution in [0.25, 0.3) is 5.65 Å². The van der Waals surface area contributed by atoms with Gasteiger partial charge in [0.05, 0.1) is 17.2 Å². The number of aromatic nitrogens is 3. The summed E-state index contributed by atoms with van der Waals surface area (Å²) in [6, 6.07) is 16.8. The first-order valence-electron chi connectivity index (χ1n) is 14.7. The number of rotatable bonds is 7. The number of hydrogen-bond donors (Lipinski definition) is 1. The van der Waals surface area contributed by atoms with E-state index in [1.165, 1.54) is 12.1 Å². The number of likely N-dealkylation sites (tertiary alicyclic amines) is 1. The second-order valence-corrected chi connectivity index (χ2v) is 11.3. The van der Waals surface area contributed by atoms with Crippen LogP contribution in [0, 0.1) is 11.3 Å². The summed E-state index contributed by atoms with van der Waals surface area (Å²) in [5, 5.41) is 12.1. The summed E-state index contributed by atoms with van der Waals surface area (Å²) in [5.74, 6) is 0.190. The summed E-state index contributed by atoms with van der Waals surface area (Å²) < 4.78 is 46.4. The van der Waals surface area contributed by atoms with Crippen LogP contribution in [-0.4, -0.2) is 63.5 Å². The highest BCUT2D eigenvalue weighted by Gasteiger charge is 2.30. The summed E-state index contributed by atoms with van der Waals surface area (Å²) in [7, 11) is 0. The maximum absolute atomic E-state index is 13.0. The molecule has 0 atom stereocenters. The number of amides is 1. The summed E-state index contributed by atoms with van der Waals surface area (Å²) in [6.07, 6.45) is 1.87. The minimum absolute atomic E-state index is 0.0648. The number of nitrogens with one attached hydrogen (secondary N) is 1. The maximum Gasteiger partial charge on any atom is 0.416 e. The van der Waals surface area contributed by atoms with Crippen molar-refractivity contribution in [1.82, 2.24) is 24.6 Å². The number of nitrogens with zero attached hydrogens (tertiary/aromatic N) is 6. The van der Waals surface area contributed by atoms with Crippen LogP contribution in [0.15, 0.2) is 67.1 Å². The van der Waals surface area contributed by atoms with Gasteiger partial charge in [-0.3, -0.25) is 14.1 Å². The van der Waals surface area contributed by atoms with Gasteiger partial charge in [0, 0.05) is 69.6 Å². The lowest BCUT2D eigenvalue weighted by atomic mass is 10.0. The summed E-state index contributed by atoms with van der Waals surface area (Å²) in [5.41, 5.74) is 2.79. The van der Waals surface area contributed by atoms with Crippen molar-refractivity contribution >= 4 is 17.2 Å². The Morgan fingerprint density at radius 3 is 2.36 bits per heavy atom. The third-order valence-corrected chi connectivity index (χ3v) is 8.26. The molecule has 0 radical (unpaired) electrons. The lowest BCUT2D eigenvalue weighted by Crippen LogP contribution is -2.44. The summed E-state index contributed by atoms with van der Waals surface area (Å²) in [6.45, 7) is 3.85. The van der Waals surface area contributed by atoms with E-state index in [2.05, 4.69) is 31.2 Å². The molecule has 2 aliphatic heterocycles. The molecule has 2 aliphatic rings. The van der Waals surface area contributed by atoms with Gasteiger partial charge in [-0.05, 0) is 54.8 Å². The molecule has 228 valence electrons. The van der Waals surface area contributed by atoms with E-state index < -0.39 is 11.7 Å². The molecule has 0 bridgehead atoms. The first-order valence-corrected chi connectivity index (χ1v) is 14.7. The van der Waals surface area contributed by atoms with Crippen molar-refractivity contribution in [3.8, 4) is 11.9 Å². The number of benzene rings is 2. The van der Waals surface area contributed by atoms with E-state index in [1.807, 2.05) is 24.3 Å². The zero-order chi connectivity index (χ0) is 30.7. The number of halogens is 3. The SMILES string of the molecule is N#Cc1ccc(CN2CCC(NC(=O)c3cn4cnc(OC5CCN(c6ccc(C(F)(F)F)cc6)CC5)cc4n3)CC2)cc1. The van der Waals surface area contributed by atoms with Gasteiger partial charge in [-0.15, -0.1) is 0 Å². The van der Waals surface area contributed by atoms with Gasteiger partial charge in [0.2, 0.25) is 5.88 Å². The predicted molar refractivity (Wildman–Crippen MR) is 157 cm³/mol. The number of hydrogen-bond acceptors (Lipinski definition) is 7. The van der Waals surface area contributed by atoms with Crippen LogP contribution in [0.2, 0.25) is 0 Å². The highest BCUT2D eigenvalue weighted by molar-refractivity contribution is 5.93. The van der Waals surface area contributed by atoms with Crippen LogP contribution in [-0.2, 0) is 12.7 Å². The van der Waals surface area contributed by atoms with Gasteiger partial charge in [0.1, 0.15) is 23.8 Å². The van der Waals surface area contributed by atoms with Crippen molar-refractivity contribution in [2.75, 3.05) is 31.1 Å². The number of carbonyl (C=O) groups excluding carboxylic acids is 1. The van der Waals surface area contributed by atoms with Crippen molar-refractivity contribution in [2.45, 2.75) is 50.6 Å². The topological polar surface area (TPSA) is 98.8 Å². The summed E-state index contributed by atoms with van der Waals surface area (Å²) in [4.78, 5) is 26.3. The van der Waals surface area contributed by atoms with Crippen LogP contribution in [0.4, 0.5) is 18.9 Å². The molecule has 9 nitrogen and oxygen atoms in total. The Bertz CT molecular complexity index is 1630. The molecule has 4 aromatic rings. The highest BCUT2D eigenvalue weighted by Crippen LogP contribution is 2.31. The molecule has 0 saturated carbocycles. The highest BCUT2D eigenvalue weighted by atomic mass is 19.4. The fourth-order valence-electron chi connectivity index (χ4n) is 5.75. The number of carbonyl (C=O) groups is 1. The molecule has 2 fully saturated rings. The Kier molecular flexibility index (Phi) is 8.39. The van der Waals surface area contributed by atoms with Crippen molar-refractivity contribution in [3.63, 3.8) is 0 Å². The number of anilines is 1. The third-order valence-electron chi connectivity index (χ3n) is 8.26. The molecule has 0 spiro atoms. The molecule has 0 aliphatic carbocycles. The molecular formula is C32H32F3N7O2. The Morgan fingerprint density at radius 2 is 1.70 bits per heavy atom. The number of nitriles is 1. The van der Waals surface area contributed by atoms with Gasteiger partial charge in [-0.2, -0.15) is 18.4 Å². The lowest BCUT2D eigenvalue weighted by molar-refractivity contribution is -0.137. The average Bonchev–Trinajstić information content (AvgIpc) is 3.46. The monoisotopic (exact) mass is 603 g/mol. The quantitative estimate of drug-likeness (QED) is 0.315. The van der Waals surface area contributed by atoms with Crippen LogP contribution >= 0.6 is 0 Å². The molecule has 1 N–H and O–H groups in total. The normalized spacial score (nSPS) is 17.0. The van der Waals surface area contributed by atoms with Gasteiger partial charge >= 0.3 is 6.18 Å². The fourth-order valence-corrected chi connectivity index (χ4v) is 5.75. The smallest absolute Gasteiger partial charge is 0.416 e. The molecule has 1 amide bonds. The maximum atomic E-state index is 13.0. The van der Waals surface area contributed by atoms with Gasteiger partial charge in [0.25, 0.3) is 5.91 Å². The number of fused-ring (bicyclic) bond motifs is 1. The average molecular weight is 604 g/mol. The molecule has 12 heteroatoms. The summed E-state index contributed by atoms with van der Waals surface area (Å²) >= 11 is 0. The molecule has 4 heterocycles. The predicted octanol–water partition coefficient (Wildman–Crippen LogP) is 5.06. The number of alkyl halides is 3. The van der Waals surface area contributed by atoms with Gasteiger partial charge in [-0.1, -0.05) is 12.1 Å². The van der Waals surface area contributed by atoms with E-state index in [1.54, 1.807) is 23.0 Å². The molecule has 0 unspecified atom stereocenters. The van der Waals surface area contributed by atoms with E-state index in [9.17, 15) is 18.0 Å². The zero-order valence-electron chi connectivity index (χ0n) is 24.0.